The normalized spacial score (nSPS) is 18.5. The topological polar surface area (TPSA) is 119 Å². The van der Waals surface area contributed by atoms with Crippen LogP contribution in [0.15, 0.2) is 35.5 Å². The van der Waals surface area contributed by atoms with Gasteiger partial charge in [-0.3, -0.25) is 14.9 Å². The number of benzene rings is 1. The molecule has 2 rings (SSSR count). The van der Waals surface area contributed by atoms with E-state index in [-0.39, 0.29) is 11.5 Å². The van der Waals surface area contributed by atoms with Crippen LogP contribution in [0.4, 0.5) is 10.5 Å². The summed E-state index contributed by atoms with van der Waals surface area (Å²) in [7, 11) is 0. The number of rotatable bonds is 3. The van der Waals surface area contributed by atoms with Crippen LogP contribution in [0.3, 0.4) is 0 Å². The van der Waals surface area contributed by atoms with Crippen molar-refractivity contribution in [3.8, 4) is 0 Å². The number of hydrazine groups is 1. The molecule has 0 aromatic heterocycles. The first-order valence-electron chi connectivity index (χ1n) is 6.14. The molecular weight excluding hydrogens is 276 g/mol. The van der Waals surface area contributed by atoms with Crippen molar-refractivity contribution in [3.63, 3.8) is 0 Å². The van der Waals surface area contributed by atoms with Gasteiger partial charge >= 0.3 is 6.03 Å². The van der Waals surface area contributed by atoms with Crippen molar-refractivity contribution in [1.29, 1.82) is 0 Å². The van der Waals surface area contributed by atoms with Crippen LogP contribution in [0, 0.1) is 10.1 Å². The second-order valence-corrected chi connectivity index (χ2v) is 4.66. The molecule has 21 heavy (non-hydrogen) atoms. The van der Waals surface area contributed by atoms with Crippen molar-refractivity contribution in [2.45, 2.75) is 19.9 Å². The first kappa shape index (κ1) is 14.7. The highest BCUT2D eigenvalue weighted by molar-refractivity contribution is 5.98. The van der Waals surface area contributed by atoms with Crippen LogP contribution in [0.25, 0.3) is 0 Å². The fourth-order valence-electron chi connectivity index (χ4n) is 2.28. The summed E-state index contributed by atoms with van der Waals surface area (Å²) in [5.41, 5.74) is 0.966. The molecule has 1 aliphatic heterocycles. The molecule has 1 heterocycles. The number of Topliss-reactive ketones (excluding diaryl/α,β-unsaturated/α-hetero) is 1. The van der Waals surface area contributed by atoms with Gasteiger partial charge in [-0.05, 0) is 19.4 Å². The lowest BCUT2D eigenvalue weighted by Crippen LogP contribution is -2.50. The number of hydrogen-bond acceptors (Lipinski definition) is 5. The van der Waals surface area contributed by atoms with Gasteiger partial charge in [0.2, 0.25) is 0 Å². The van der Waals surface area contributed by atoms with E-state index in [4.69, 9.17) is 5.84 Å². The minimum absolute atomic E-state index is 0.113. The van der Waals surface area contributed by atoms with Crippen LogP contribution in [0.2, 0.25) is 0 Å². The van der Waals surface area contributed by atoms with Gasteiger partial charge < -0.3 is 5.32 Å². The number of urea groups is 1. The van der Waals surface area contributed by atoms with Gasteiger partial charge in [0.1, 0.15) is 0 Å². The van der Waals surface area contributed by atoms with E-state index in [1.165, 1.54) is 25.1 Å². The number of nitro benzene ring substituents is 1. The molecular formula is C13H14N4O4. The Morgan fingerprint density at radius 2 is 2.14 bits per heavy atom. The average Bonchev–Trinajstić information content (AvgIpc) is 2.44. The van der Waals surface area contributed by atoms with Crippen molar-refractivity contribution in [2.75, 3.05) is 0 Å². The molecule has 2 amide bonds. The Hall–Kier alpha value is -2.74. The SMILES string of the molecule is CC(=O)C1=C(C)N(N)C(=O)NC1c1cccc([N+](=O)[O-])c1. The third-order valence-electron chi connectivity index (χ3n) is 3.32. The van der Waals surface area contributed by atoms with Crippen LogP contribution in [-0.2, 0) is 4.79 Å². The summed E-state index contributed by atoms with van der Waals surface area (Å²) >= 11 is 0. The minimum atomic E-state index is -0.755. The lowest BCUT2D eigenvalue weighted by molar-refractivity contribution is -0.384. The molecule has 0 fully saturated rings. The van der Waals surface area contributed by atoms with E-state index in [0.717, 1.165) is 5.01 Å². The van der Waals surface area contributed by atoms with Gasteiger partial charge in [-0.25, -0.2) is 15.6 Å². The molecule has 1 atom stereocenters. The van der Waals surface area contributed by atoms with Crippen LogP contribution in [0.1, 0.15) is 25.5 Å². The molecule has 8 heteroatoms. The maximum Gasteiger partial charge on any atom is 0.336 e. The number of nitrogens with zero attached hydrogens (tertiary/aromatic N) is 2. The Morgan fingerprint density at radius 1 is 1.48 bits per heavy atom. The highest BCUT2D eigenvalue weighted by Gasteiger charge is 2.33. The van der Waals surface area contributed by atoms with Gasteiger partial charge in [0.15, 0.2) is 5.78 Å². The Morgan fingerprint density at radius 3 is 2.71 bits per heavy atom. The monoisotopic (exact) mass is 290 g/mol. The lowest BCUT2D eigenvalue weighted by atomic mass is 9.92. The van der Waals surface area contributed by atoms with Gasteiger partial charge in [0.05, 0.1) is 11.0 Å². The summed E-state index contributed by atoms with van der Waals surface area (Å²) in [6.07, 6.45) is 0. The zero-order valence-electron chi connectivity index (χ0n) is 11.5. The average molecular weight is 290 g/mol. The number of nitro groups is 1. The molecule has 3 N–H and O–H groups in total. The third-order valence-corrected chi connectivity index (χ3v) is 3.32. The van der Waals surface area contributed by atoms with E-state index in [1.807, 2.05) is 0 Å². The summed E-state index contributed by atoms with van der Waals surface area (Å²) in [6, 6.07) is 4.45. The molecule has 0 saturated carbocycles. The molecule has 1 aliphatic rings. The Kier molecular flexibility index (Phi) is 3.72. The van der Waals surface area contributed by atoms with Crippen LogP contribution in [-0.4, -0.2) is 21.7 Å². The largest absolute Gasteiger partial charge is 0.336 e. The maximum atomic E-state index is 11.8. The fourth-order valence-corrected chi connectivity index (χ4v) is 2.28. The molecule has 0 aliphatic carbocycles. The number of non-ortho nitro benzene ring substituents is 1. The van der Waals surface area contributed by atoms with Gasteiger partial charge in [-0.1, -0.05) is 12.1 Å². The van der Waals surface area contributed by atoms with Crippen molar-refractivity contribution >= 4 is 17.5 Å². The Balaban J connectivity index is 2.56. The van der Waals surface area contributed by atoms with E-state index in [2.05, 4.69) is 5.32 Å². The van der Waals surface area contributed by atoms with E-state index in [9.17, 15) is 19.7 Å². The standard InChI is InChI=1S/C13H14N4O4/c1-7-11(8(2)18)12(15-13(19)16(7)14)9-4-3-5-10(6-9)17(20)21/h3-6,12H,14H2,1-2H3,(H,15,19). The number of carbonyl (C=O) groups excluding carboxylic acids is 2. The van der Waals surface area contributed by atoms with Gasteiger partial charge in [0.25, 0.3) is 5.69 Å². The highest BCUT2D eigenvalue weighted by Crippen LogP contribution is 2.31. The van der Waals surface area contributed by atoms with Crippen molar-refractivity contribution < 1.29 is 14.5 Å². The smallest absolute Gasteiger partial charge is 0.325 e. The molecule has 0 saturated heterocycles. The molecule has 0 bridgehead atoms. The summed E-state index contributed by atoms with van der Waals surface area (Å²) in [4.78, 5) is 33.9. The van der Waals surface area contributed by atoms with E-state index in [0.29, 0.717) is 16.8 Å². The van der Waals surface area contributed by atoms with Crippen LogP contribution in [0.5, 0.6) is 0 Å². The molecule has 1 aromatic rings. The van der Waals surface area contributed by atoms with E-state index in [1.54, 1.807) is 13.0 Å². The number of amides is 2. The molecule has 0 radical (unpaired) electrons. The predicted molar refractivity (Wildman–Crippen MR) is 73.8 cm³/mol. The van der Waals surface area contributed by atoms with Crippen LogP contribution < -0.4 is 11.2 Å². The van der Waals surface area contributed by atoms with Gasteiger partial charge in [-0.2, -0.15) is 0 Å². The number of nitrogens with two attached hydrogens (primary N) is 1. The molecule has 0 spiro atoms. The number of hydrogen-bond donors (Lipinski definition) is 2. The molecule has 8 nitrogen and oxygen atoms in total. The maximum absolute atomic E-state index is 11.8. The highest BCUT2D eigenvalue weighted by atomic mass is 16.6. The van der Waals surface area contributed by atoms with E-state index < -0.39 is 17.0 Å². The number of allylic oxidation sites excluding steroid dienone is 1. The first-order chi connectivity index (χ1) is 9.82. The zero-order chi connectivity index (χ0) is 15.7. The Labute approximate surface area is 120 Å². The van der Waals surface area contributed by atoms with E-state index >= 15 is 0 Å². The predicted octanol–water partition coefficient (Wildman–Crippen LogP) is 1.40. The Bertz CT molecular complexity index is 668. The first-order valence-corrected chi connectivity index (χ1v) is 6.14. The second kappa shape index (κ2) is 5.33. The summed E-state index contributed by atoms with van der Waals surface area (Å²) in [5, 5.41) is 14.3. The van der Waals surface area contributed by atoms with Gasteiger partial charge in [-0.15, -0.1) is 0 Å². The molecule has 1 unspecified atom stereocenters. The zero-order valence-corrected chi connectivity index (χ0v) is 11.5. The second-order valence-electron chi connectivity index (χ2n) is 4.66. The van der Waals surface area contributed by atoms with Gasteiger partial charge in [0, 0.05) is 23.4 Å². The molecule has 1 aromatic carbocycles. The number of carbonyl (C=O) groups is 2. The van der Waals surface area contributed by atoms with Crippen molar-refractivity contribution in [2.24, 2.45) is 5.84 Å². The molecule has 110 valence electrons. The fraction of sp³-hybridized carbons (Fsp3) is 0.231. The number of nitrogens with one attached hydrogen (secondary N) is 1. The summed E-state index contributed by atoms with van der Waals surface area (Å²) < 4.78 is 0. The van der Waals surface area contributed by atoms with Crippen molar-refractivity contribution in [1.82, 2.24) is 10.3 Å². The van der Waals surface area contributed by atoms with Crippen molar-refractivity contribution in [3.05, 3.63) is 51.2 Å². The lowest BCUT2D eigenvalue weighted by Gasteiger charge is -2.32. The summed E-state index contributed by atoms with van der Waals surface area (Å²) in [5.74, 6) is 5.31. The summed E-state index contributed by atoms with van der Waals surface area (Å²) in [6.45, 7) is 2.91. The third kappa shape index (κ3) is 2.61. The quantitative estimate of drug-likeness (QED) is 0.377. The van der Waals surface area contributed by atoms with Crippen LogP contribution >= 0.6 is 0 Å². The minimum Gasteiger partial charge on any atom is -0.325 e. The number of ketones is 1.